The molecule has 1 aromatic carbocycles. The lowest BCUT2D eigenvalue weighted by Crippen LogP contribution is -2.08. The van der Waals surface area contributed by atoms with Gasteiger partial charge in [0, 0.05) is 10.5 Å². The first-order valence-electron chi connectivity index (χ1n) is 3.91. The summed E-state index contributed by atoms with van der Waals surface area (Å²) in [6.07, 6.45) is 1.21. The summed E-state index contributed by atoms with van der Waals surface area (Å²) in [6, 6.07) is 2.83. The fraction of sp³-hybridized carbons (Fsp3) is 0. The van der Waals surface area contributed by atoms with Crippen LogP contribution in [0.3, 0.4) is 0 Å². The van der Waals surface area contributed by atoms with Crippen LogP contribution in [0.25, 0.3) is 10.9 Å². The number of hydrogen-bond acceptors (Lipinski definition) is 4. The van der Waals surface area contributed by atoms with Gasteiger partial charge in [0.1, 0.15) is 5.39 Å². The number of nitro benzene ring substituents is 1. The van der Waals surface area contributed by atoms with Gasteiger partial charge in [-0.15, -0.1) is 0 Å². The van der Waals surface area contributed by atoms with E-state index in [9.17, 15) is 14.9 Å². The largest absolute Gasteiger partial charge is 0.312 e. The number of aromatic amines is 1. The monoisotopic (exact) mass is 269 g/mol. The third-order valence-corrected chi connectivity index (χ3v) is 2.34. The maximum Gasteiger partial charge on any atom is 0.285 e. The SMILES string of the molecule is O=c1[nH]cnc2cc(Br)cc([N+](=O)[O-])c12. The minimum absolute atomic E-state index is 0.00861. The van der Waals surface area contributed by atoms with Crippen molar-refractivity contribution in [3.8, 4) is 0 Å². The van der Waals surface area contributed by atoms with Crippen LogP contribution in [0.15, 0.2) is 27.7 Å². The maximum atomic E-state index is 11.4. The van der Waals surface area contributed by atoms with Gasteiger partial charge >= 0.3 is 0 Å². The number of halogens is 1. The van der Waals surface area contributed by atoms with Crippen molar-refractivity contribution in [2.24, 2.45) is 0 Å². The molecule has 0 aliphatic heterocycles. The Labute approximate surface area is 91.2 Å². The van der Waals surface area contributed by atoms with E-state index in [-0.39, 0.29) is 11.1 Å². The highest BCUT2D eigenvalue weighted by Crippen LogP contribution is 2.25. The summed E-state index contributed by atoms with van der Waals surface area (Å²) in [5.74, 6) is 0. The number of non-ortho nitro benzene ring substituents is 1. The van der Waals surface area contributed by atoms with Gasteiger partial charge in [0.15, 0.2) is 0 Å². The first kappa shape index (κ1) is 9.78. The number of benzene rings is 1. The van der Waals surface area contributed by atoms with Crippen LogP contribution in [0, 0.1) is 10.1 Å². The standard InChI is InChI=1S/C8H4BrN3O3/c9-4-1-5-7(6(2-4)12(14)15)8(13)11-3-10-5/h1-3H,(H,10,11,13). The van der Waals surface area contributed by atoms with Gasteiger partial charge in [-0.2, -0.15) is 0 Å². The van der Waals surface area contributed by atoms with Gasteiger partial charge in [0.2, 0.25) is 0 Å². The second-order valence-electron chi connectivity index (χ2n) is 2.81. The fourth-order valence-corrected chi connectivity index (χ4v) is 1.72. The van der Waals surface area contributed by atoms with E-state index in [0.717, 1.165) is 0 Å². The third kappa shape index (κ3) is 1.61. The third-order valence-electron chi connectivity index (χ3n) is 1.88. The lowest BCUT2D eigenvalue weighted by molar-refractivity contribution is -0.383. The highest BCUT2D eigenvalue weighted by Gasteiger charge is 2.16. The number of hydrogen-bond donors (Lipinski definition) is 1. The Bertz CT molecular complexity index is 608. The molecular weight excluding hydrogens is 266 g/mol. The molecule has 0 aliphatic carbocycles. The van der Waals surface area contributed by atoms with Crippen molar-refractivity contribution in [3.63, 3.8) is 0 Å². The quantitative estimate of drug-likeness (QED) is 0.629. The molecule has 1 heterocycles. The number of rotatable bonds is 1. The van der Waals surface area contributed by atoms with E-state index in [0.29, 0.717) is 9.99 Å². The molecule has 0 amide bonds. The molecular formula is C8H4BrN3O3. The number of aromatic nitrogens is 2. The Kier molecular flexibility index (Phi) is 2.24. The Hall–Kier alpha value is -1.76. The molecule has 2 aromatic rings. The molecule has 0 fully saturated rings. The molecule has 15 heavy (non-hydrogen) atoms. The molecule has 0 bridgehead atoms. The zero-order chi connectivity index (χ0) is 11.0. The second kappa shape index (κ2) is 3.43. The summed E-state index contributed by atoms with van der Waals surface area (Å²) in [6.45, 7) is 0. The van der Waals surface area contributed by atoms with Crippen LogP contribution in [0.5, 0.6) is 0 Å². The van der Waals surface area contributed by atoms with Gasteiger partial charge in [-0.25, -0.2) is 4.98 Å². The smallest absolute Gasteiger partial charge is 0.285 e. The van der Waals surface area contributed by atoms with Crippen molar-refractivity contribution in [1.82, 2.24) is 9.97 Å². The predicted molar refractivity (Wildman–Crippen MR) is 56.7 cm³/mol. The molecule has 0 saturated carbocycles. The highest BCUT2D eigenvalue weighted by molar-refractivity contribution is 9.10. The lowest BCUT2D eigenvalue weighted by Gasteiger charge is -1.98. The Morgan fingerprint density at radius 3 is 2.87 bits per heavy atom. The summed E-state index contributed by atoms with van der Waals surface area (Å²) in [5, 5.41) is 10.7. The van der Waals surface area contributed by atoms with Crippen molar-refractivity contribution >= 4 is 32.5 Å². The van der Waals surface area contributed by atoms with Crippen LogP contribution in [-0.4, -0.2) is 14.9 Å². The van der Waals surface area contributed by atoms with Crippen molar-refractivity contribution < 1.29 is 4.92 Å². The zero-order valence-corrected chi connectivity index (χ0v) is 8.82. The van der Waals surface area contributed by atoms with E-state index in [1.54, 1.807) is 6.07 Å². The summed E-state index contributed by atoms with van der Waals surface area (Å²) < 4.78 is 0.514. The average Bonchev–Trinajstić information content (AvgIpc) is 2.16. The van der Waals surface area contributed by atoms with E-state index in [2.05, 4.69) is 25.9 Å². The summed E-state index contributed by atoms with van der Waals surface area (Å²) >= 11 is 3.12. The first-order chi connectivity index (χ1) is 7.09. The van der Waals surface area contributed by atoms with E-state index >= 15 is 0 Å². The molecule has 2 rings (SSSR count). The minimum atomic E-state index is -0.607. The fourth-order valence-electron chi connectivity index (χ4n) is 1.29. The van der Waals surface area contributed by atoms with Crippen molar-refractivity contribution in [1.29, 1.82) is 0 Å². The normalized spacial score (nSPS) is 10.5. The highest BCUT2D eigenvalue weighted by atomic mass is 79.9. The van der Waals surface area contributed by atoms with Crippen molar-refractivity contribution in [2.75, 3.05) is 0 Å². The zero-order valence-electron chi connectivity index (χ0n) is 7.23. The molecule has 1 aromatic heterocycles. The second-order valence-corrected chi connectivity index (χ2v) is 3.72. The van der Waals surface area contributed by atoms with E-state index in [1.165, 1.54) is 12.4 Å². The molecule has 76 valence electrons. The molecule has 6 nitrogen and oxygen atoms in total. The number of fused-ring (bicyclic) bond motifs is 1. The Morgan fingerprint density at radius 2 is 2.20 bits per heavy atom. The average molecular weight is 270 g/mol. The van der Waals surface area contributed by atoms with Gasteiger partial charge in [0.05, 0.1) is 16.8 Å². The van der Waals surface area contributed by atoms with E-state index < -0.39 is 10.5 Å². The van der Waals surface area contributed by atoms with Crippen LogP contribution in [0.4, 0.5) is 5.69 Å². The molecule has 0 spiro atoms. The first-order valence-corrected chi connectivity index (χ1v) is 4.70. The predicted octanol–water partition coefficient (Wildman–Crippen LogP) is 1.59. The van der Waals surface area contributed by atoms with Gasteiger partial charge < -0.3 is 4.98 Å². The van der Waals surface area contributed by atoms with Crippen LogP contribution in [-0.2, 0) is 0 Å². The molecule has 1 N–H and O–H groups in total. The van der Waals surface area contributed by atoms with Gasteiger partial charge in [0.25, 0.3) is 11.2 Å². The summed E-state index contributed by atoms with van der Waals surface area (Å²) in [4.78, 5) is 27.7. The molecule has 0 unspecified atom stereocenters. The van der Waals surface area contributed by atoms with Crippen molar-refractivity contribution in [3.05, 3.63) is 43.4 Å². The minimum Gasteiger partial charge on any atom is -0.312 e. The van der Waals surface area contributed by atoms with E-state index in [1.807, 2.05) is 0 Å². The summed E-state index contributed by atoms with van der Waals surface area (Å²) in [5.41, 5.74) is -0.479. The van der Waals surface area contributed by atoms with Gasteiger partial charge in [-0.05, 0) is 6.07 Å². The lowest BCUT2D eigenvalue weighted by atomic mass is 10.2. The van der Waals surface area contributed by atoms with Gasteiger partial charge in [-0.1, -0.05) is 15.9 Å². The summed E-state index contributed by atoms with van der Waals surface area (Å²) in [7, 11) is 0. The number of nitrogens with one attached hydrogen (secondary N) is 1. The van der Waals surface area contributed by atoms with Crippen LogP contribution >= 0.6 is 15.9 Å². The topological polar surface area (TPSA) is 88.9 Å². The molecule has 0 saturated heterocycles. The van der Waals surface area contributed by atoms with Gasteiger partial charge in [-0.3, -0.25) is 14.9 Å². The number of nitro groups is 1. The van der Waals surface area contributed by atoms with Crippen LogP contribution in [0.1, 0.15) is 0 Å². The van der Waals surface area contributed by atoms with E-state index in [4.69, 9.17) is 0 Å². The Balaban J connectivity index is 3.01. The molecule has 7 heteroatoms. The van der Waals surface area contributed by atoms with Crippen LogP contribution < -0.4 is 5.56 Å². The molecule has 0 atom stereocenters. The van der Waals surface area contributed by atoms with Crippen molar-refractivity contribution in [2.45, 2.75) is 0 Å². The molecule has 0 aliphatic rings. The maximum absolute atomic E-state index is 11.4. The molecule has 0 radical (unpaired) electrons. The van der Waals surface area contributed by atoms with Crippen LogP contribution in [0.2, 0.25) is 0 Å². The Morgan fingerprint density at radius 1 is 1.47 bits per heavy atom. The number of H-pyrrole nitrogens is 1. The number of nitrogens with zero attached hydrogens (tertiary/aromatic N) is 2.